The summed E-state index contributed by atoms with van der Waals surface area (Å²) in [5.74, 6) is 0. The van der Waals surface area contributed by atoms with Crippen molar-refractivity contribution < 1.29 is 18.3 Å². The second kappa shape index (κ2) is 5.92. The summed E-state index contributed by atoms with van der Waals surface area (Å²) in [6.45, 7) is 0.486. The second-order valence-electron chi connectivity index (χ2n) is 5.03. The molecule has 2 unspecified atom stereocenters. The van der Waals surface area contributed by atoms with Crippen molar-refractivity contribution in [2.24, 2.45) is 0 Å². The Morgan fingerprint density at radius 3 is 2.32 bits per heavy atom. The molecule has 2 N–H and O–H groups in total. The zero-order valence-corrected chi connectivity index (χ0v) is 10.6. The molecular formula is C14H18F3NO. The fourth-order valence-electron chi connectivity index (χ4n) is 2.41. The van der Waals surface area contributed by atoms with E-state index < -0.39 is 11.7 Å². The third-order valence-corrected chi connectivity index (χ3v) is 3.58. The maximum absolute atomic E-state index is 12.4. The van der Waals surface area contributed by atoms with Gasteiger partial charge >= 0.3 is 6.18 Å². The Balaban J connectivity index is 1.89. The van der Waals surface area contributed by atoms with Crippen LogP contribution in [-0.4, -0.2) is 17.3 Å². The molecule has 5 heteroatoms. The van der Waals surface area contributed by atoms with Crippen molar-refractivity contribution in [3.63, 3.8) is 0 Å². The van der Waals surface area contributed by atoms with Crippen molar-refractivity contribution in [1.82, 2.24) is 5.32 Å². The molecule has 2 atom stereocenters. The number of aliphatic hydroxyl groups excluding tert-OH is 1. The van der Waals surface area contributed by atoms with E-state index in [-0.39, 0.29) is 12.1 Å². The average Bonchev–Trinajstić information content (AvgIpc) is 2.37. The van der Waals surface area contributed by atoms with Gasteiger partial charge in [-0.2, -0.15) is 13.2 Å². The van der Waals surface area contributed by atoms with Gasteiger partial charge in [0.25, 0.3) is 0 Å². The first-order chi connectivity index (χ1) is 8.97. The predicted molar refractivity (Wildman–Crippen MR) is 66.5 cm³/mol. The predicted octanol–water partition coefficient (Wildman–Crippen LogP) is 3.10. The van der Waals surface area contributed by atoms with Crippen LogP contribution in [0.25, 0.3) is 0 Å². The second-order valence-corrected chi connectivity index (χ2v) is 5.03. The average molecular weight is 273 g/mol. The first-order valence-electron chi connectivity index (χ1n) is 6.54. The van der Waals surface area contributed by atoms with Gasteiger partial charge in [-0.15, -0.1) is 0 Å². The van der Waals surface area contributed by atoms with Gasteiger partial charge in [0.1, 0.15) is 0 Å². The molecule has 19 heavy (non-hydrogen) atoms. The first kappa shape index (κ1) is 14.3. The summed E-state index contributed by atoms with van der Waals surface area (Å²) in [5.41, 5.74) is 0.166. The van der Waals surface area contributed by atoms with E-state index in [0.717, 1.165) is 43.4 Å². The van der Waals surface area contributed by atoms with Crippen LogP contribution >= 0.6 is 0 Å². The lowest BCUT2D eigenvalue weighted by atomic mass is 9.92. The monoisotopic (exact) mass is 273 g/mol. The molecule has 1 aliphatic rings. The van der Waals surface area contributed by atoms with E-state index in [9.17, 15) is 18.3 Å². The van der Waals surface area contributed by atoms with E-state index >= 15 is 0 Å². The molecule has 0 radical (unpaired) electrons. The zero-order valence-electron chi connectivity index (χ0n) is 10.6. The molecule has 1 aromatic rings. The molecule has 0 amide bonds. The maximum Gasteiger partial charge on any atom is 0.416 e. The lowest BCUT2D eigenvalue weighted by Crippen LogP contribution is -2.41. The number of hydrogen-bond acceptors (Lipinski definition) is 2. The highest BCUT2D eigenvalue weighted by Crippen LogP contribution is 2.29. The van der Waals surface area contributed by atoms with Crippen LogP contribution in [0, 0.1) is 0 Å². The standard InChI is InChI=1S/C14H18F3NO/c15-14(16,17)11-7-5-10(6-8-11)9-18-12-3-1-2-4-13(12)19/h5-8,12-13,18-19H,1-4,9H2. The van der Waals surface area contributed by atoms with Gasteiger partial charge in [-0.05, 0) is 30.5 Å². The van der Waals surface area contributed by atoms with E-state index in [1.807, 2.05) is 0 Å². The highest BCUT2D eigenvalue weighted by molar-refractivity contribution is 5.24. The van der Waals surface area contributed by atoms with Gasteiger partial charge in [-0.1, -0.05) is 25.0 Å². The van der Waals surface area contributed by atoms with Crippen LogP contribution in [0.2, 0.25) is 0 Å². The van der Waals surface area contributed by atoms with Crippen molar-refractivity contribution >= 4 is 0 Å². The third kappa shape index (κ3) is 3.94. The van der Waals surface area contributed by atoms with Gasteiger partial charge in [0.05, 0.1) is 11.7 Å². The summed E-state index contributed by atoms with van der Waals surface area (Å²) in [7, 11) is 0. The van der Waals surface area contributed by atoms with Crippen LogP contribution in [0.4, 0.5) is 13.2 Å². The number of alkyl halides is 3. The molecule has 0 saturated heterocycles. The van der Waals surface area contributed by atoms with Gasteiger partial charge in [0, 0.05) is 12.6 Å². The van der Waals surface area contributed by atoms with E-state index in [4.69, 9.17) is 0 Å². The van der Waals surface area contributed by atoms with Crippen LogP contribution in [0.5, 0.6) is 0 Å². The fourth-order valence-corrected chi connectivity index (χ4v) is 2.41. The molecule has 1 aromatic carbocycles. The van der Waals surface area contributed by atoms with Gasteiger partial charge < -0.3 is 10.4 Å². The Morgan fingerprint density at radius 2 is 1.74 bits per heavy atom. The summed E-state index contributed by atoms with van der Waals surface area (Å²) in [6, 6.07) is 5.19. The summed E-state index contributed by atoms with van der Waals surface area (Å²) in [5, 5.41) is 13.0. The summed E-state index contributed by atoms with van der Waals surface area (Å²) >= 11 is 0. The number of halogens is 3. The largest absolute Gasteiger partial charge is 0.416 e. The molecular weight excluding hydrogens is 255 g/mol. The van der Waals surface area contributed by atoms with Crippen molar-refractivity contribution in [2.75, 3.05) is 0 Å². The minimum absolute atomic E-state index is 0.0519. The van der Waals surface area contributed by atoms with Gasteiger partial charge in [0.2, 0.25) is 0 Å². The lowest BCUT2D eigenvalue weighted by Gasteiger charge is -2.28. The molecule has 106 valence electrons. The topological polar surface area (TPSA) is 32.3 Å². The number of nitrogens with one attached hydrogen (secondary N) is 1. The minimum Gasteiger partial charge on any atom is -0.392 e. The number of rotatable bonds is 3. The Bertz CT molecular complexity index is 402. The smallest absolute Gasteiger partial charge is 0.392 e. The van der Waals surface area contributed by atoms with Gasteiger partial charge in [-0.25, -0.2) is 0 Å². The lowest BCUT2D eigenvalue weighted by molar-refractivity contribution is -0.137. The molecule has 2 rings (SSSR count). The molecule has 1 aliphatic carbocycles. The van der Waals surface area contributed by atoms with Crippen LogP contribution in [0.1, 0.15) is 36.8 Å². The Morgan fingerprint density at radius 1 is 1.11 bits per heavy atom. The minimum atomic E-state index is -4.29. The highest BCUT2D eigenvalue weighted by atomic mass is 19.4. The third-order valence-electron chi connectivity index (χ3n) is 3.58. The molecule has 1 saturated carbocycles. The van der Waals surface area contributed by atoms with Crippen molar-refractivity contribution in [3.8, 4) is 0 Å². The molecule has 0 aromatic heterocycles. The quantitative estimate of drug-likeness (QED) is 0.887. The number of hydrogen-bond donors (Lipinski definition) is 2. The SMILES string of the molecule is OC1CCCCC1NCc1ccc(C(F)(F)F)cc1. The zero-order chi connectivity index (χ0) is 13.9. The van der Waals surface area contributed by atoms with Gasteiger partial charge in [-0.3, -0.25) is 0 Å². The normalized spacial score (nSPS) is 24.4. The summed E-state index contributed by atoms with van der Waals surface area (Å²) in [4.78, 5) is 0. The van der Waals surface area contributed by atoms with E-state index in [1.165, 1.54) is 12.1 Å². The molecule has 0 spiro atoms. The van der Waals surface area contributed by atoms with Crippen molar-refractivity contribution in [1.29, 1.82) is 0 Å². The van der Waals surface area contributed by atoms with Crippen molar-refractivity contribution in [2.45, 2.75) is 50.6 Å². The maximum atomic E-state index is 12.4. The van der Waals surface area contributed by atoms with E-state index in [1.54, 1.807) is 0 Å². The Kier molecular flexibility index (Phi) is 4.47. The highest BCUT2D eigenvalue weighted by Gasteiger charge is 2.30. The molecule has 1 fully saturated rings. The van der Waals surface area contributed by atoms with Crippen LogP contribution in [0.15, 0.2) is 24.3 Å². The molecule has 0 aliphatic heterocycles. The molecule has 2 nitrogen and oxygen atoms in total. The van der Waals surface area contributed by atoms with Crippen LogP contribution in [0.3, 0.4) is 0 Å². The fraction of sp³-hybridized carbons (Fsp3) is 0.571. The number of benzene rings is 1. The van der Waals surface area contributed by atoms with Crippen LogP contribution < -0.4 is 5.32 Å². The molecule has 0 heterocycles. The Hall–Kier alpha value is -1.07. The van der Waals surface area contributed by atoms with E-state index in [0.29, 0.717) is 6.54 Å². The summed E-state index contributed by atoms with van der Waals surface area (Å²) < 4.78 is 37.2. The number of aliphatic hydroxyl groups is 1. The van der Waals surface area contributed by atoms with Crippen LogP contribution in [-0.2, 0) is 12.7 Å². The Labute approximate surface area is 110 Å². The van der Waals surface area contributed by atoms with Gasteiger partial charge in [0.15, 0.2) is 0 Å². The first-order valence-corrected chi connectivity index (χ1v) is 6.54. The van der Waals surface area contributed by atoms with Crippen molar-refractivity contribution in [3.05, 3.63) is 35.4 Å². The molecule has 0 bridgehead atoms. The van der Waals surface area contributed by atoms with E-state index in [2.05, 4.69) is 5.32 Å². The summed E-state index contributed by atoms with van der Waals surface area (Å²) in [6.07, 6.45) is -0.789.